The zero-order valence-corrected chi connectivity index (χ0v) is 22.1. The molecular weight excluding hydrogens is 503 g/mol. The quantitative estimate of drug-likeness (QED) is 0.559. The Hall–Kier alpha value is -3.57. The molecule has 38 heavy (non-hydrogen) atoms. The van der Waals surface area contributed by atoms with Crippen LogP contribution >= 0.6 is 0 Å². The van der Waals surface area contributed by atoms with Gasteiger partial charge in [0.2, 0.25) is 5.95 Å². The molecule has 1 aromatic heterocycles. The second kappa shape index (κ2) is 9.95. The van der Waals surface area contributed by atoms with Crippen LogP contribution in [0, 0.1) is 0 Å². The van der Waals surface area contributed by atoms with Crippen LogP contribution in [0.1, 0.15) is 68.4 Å². The molecule has 0 unspecified atom stereocenters. The molecule has 3 heterocycles. The van der Waals surface area contributed by atoms with E-state index in [0.717, 1.165) is 6.42 Å². The predicted molar refractivity (Wildman–Crippen MR) is 133 cm³/mol. The number of rotatable bonds is 6. The summed E-state index contributed by atoms with van der Waals surface area (Å²) in [6.45, 7) is 10.8. The van der Waals surface area contributed by atoms with Crippen molar-refractivity contribution in [3.63, 3.8) is 0 Å². The van der Waals surface area contributed by atoms with E-state index in [-0.39, 0.29) is 35.6 Å². The Balaban J connectivity index is 1.35. The van der Waals surface area contributed by atoms with Gasteiger partial charge < -0.3 is 24.6 Å². The molecule has 2 aromatic rings. The summed E-state index contributed by atoms with van der Waals surface area (Å²) in [5, 5.41) is 2.97. The van der Waals surface area contributed by atoms with Gasteiger partial charge in [0.1, 0.15) is 11.4 Å². The number of ether oxygens (including phenoxy) is 2. The Morgan fingerprint density at radius 1 is 1.11 bits per heavy atom. The lowest BCUT2D eigenvalue weighted by Gasteiger charge is -2.61. The zero-order chi connectivity index (χ0) is 27.9. The topological polar surface area (TPSA) is 96.9 Å². The van der Waals surface area contributed by atoms with Gasteiger partial charge in [-0.15, -0.1) is 13.2 Å². The highest BCUT2D eigenvalue weighted by atomic mass is 19.4. The first-order valence-electron chi connectivity index (χ1n) is 12.4. The molecule has 9 nitrogen and oxygen atoms in total. The number of amides is 2. The van der Waals surface area contributed by atoms with Gasteiger partial charge in [-0.1, -0.05) is 19.9 Å². The Labute approximate surface area is 219 Å². The number of alkyl halides is 3. The summed E-state index contributed by atoms with van der Waals surface area (Å²) in [5.74, 6) is -0.270. The molecular formula is C26H32F3N5O4. The number of carbonyl (C=O) groups is 2. The molecule has 0 bridgehead atoms. The third-order valence-electron chi connectivity index (χ3n) is 6.48. The summed E-state index contributed by atoms with van der Waals surface area (Å²) in [6.07, 6.45) is -1.55. The normalized spacial score (nSPS) is 16.7. The summed E-state index contributed by atoms with van der Waals surface area (Å²) in [4.78, 5) is 37.1. The van der Waals surface area contributed by atoms with Crippen LogP contribution in [0.2, 0.25) is 0 Å². The molecule has 2 aliphatic heterocycles. The van der Waals surface area contributed by atoms with Crippen molar-refractivity contribution in [1.82, 2.24) is 19.8 Å². The summed E-state index contributed by atoms with van der Waals surface area (Å²) >= 11 is 0. The van der Waals surface area contributed by atoms with E-state index in [0.29, 0.717) is 36.3 Å². The van der Waals surface area contributed by atoms with Crippen LogP contribution in [0.4, 0.5) is 23.9 Å². The number of likely N-dealkylation sites (tertiary alicyclic amines) is 2. The molecule has 2 saturated heterocycles. The van der Waals surface area contributed by atoms with Crippen LogP contribution in [0.5, 0.6) is 5.75 Å². The maximum atomic E-state index is 13.1. The molecule has 0 saturated carbocycles. The Kier molecular flexibility index (Phi) is 7.19. The third-order valence-corrected chi connectivity index (χ3v) is 6.48. The van der Waals surface area contributed by atoms with Gasteiger partial charge in [-0.05, 0) is 56.4 Å². The molecule has 206 valence electrons. The smallest absolute Gasteiger partial charge is 0.444 e. The van der Waals surface area contributed by atoms with Gasteiger partial charge >= 0.3 is 12.5 Å². The fourth-order valence-corrected chi connectivity index (χ4v) is 4.49. The van der Waals surface area contributed by atoms with Crippen molar-refractivity contribution in [2.75, 3.05) is 25.0 Å². The molecule has 1 aromatic carbocycles. The van der Waals surface area contributed by atoms with E-state index in [1.165, 1.54) is 24.5 Å². The molecule has 1 N–H and O–H groups in total. The Morgan fingerprint density at radius 2 is 1.76 bits per heavy atom. The average molecular weight is 536 g/mol. The largest absolute Gasteiger partial charge is 0.573 e. The lowest BCUT2D eigenvalue weighted by molar-refractivity contribution is -0.274. The predicted octanol–water partition coefficient (Wildman–Crippen LogP) is 4.95. The first-order chi connectivity index (χ1) is 17.6. The lowest BCUT2D eigenvalue weighted by atomic mass is 9.77. The fourth-order valence-electron chi connectivity index (χ4n) is 4.49. The Morgan fingerprint density at radius 3 is 2.29 bits per heavy atom. The fraction of sp³-hybridized carbons (Fsp3) is 0.538. The van der Waals surface area contributed by atoms with Crippen LogP contribution in [0.3, 0.4) is 0 Å². The number of aromatic nitrogens is 2. The number of anilines is 1. The van der Waals surface area contributed by atoms with Crippen LogP contribution in [0.25, 0.3) is 0 Å². The SMILES string of the molecule is CC(C)c1cc(CNc2ncc(C(=O)N3CCC34CN(C(=O)OC(C)(C)C)C4)cn2)cc(OC(F)(F)F)c1. The van der Waals surface area contributed by atoms with Crippen LogP contribution < -0.4 is 10.1 Å². The summed E-state index contributed by atoms with van der Waals surface area (Å²) in [6, 6.07) is 4.48. The van der Waals surface area contributed by atoms with Gasteiger partial charge in [0.15, 0.2) is 0 Å². The van der Waals surface area contributed by atoms with Crippen molar-refractivity contribution in [1.29, 1.82) is 0 Å². The van der Waals surface area contributed by atoms with E-state index >= 15 is 0 Å². The van der Waals surface area contributed by atoms with E-state index in [9.17, 15) is 22.8 Å². The highest BCUT2D eigenvalue weighted by Crippen LogP contribution is 2.40. The average Bonchev–Trinajstić information content (AvgIpc) is 2.74. The van der Waals surface area contributed by atoms with Gasteiger partial charge in [-0.2, -0.15) is 0 Å². The van der Waals surface area contributed by atoms with Crippen molar-refractivity contribution in [2.24, 2.45) is 0 Å². The number of hydrogen-bond donors (Lipinski definition) is 1. The zero-order valence-electron chi connectivity index (χ0n) is 22.1. The van der Waals surface area contributed by atoms with Crippen molar-refractivity contribution < 1.29 is 32.2 Å². The minimum Gasteiger partial charge on any atom is -0.444 e. The second-order valence-electron chi connectivity index (χ2n) is 11.0. The van der Waals surface area contributed by atoms with Gasteiger partial charge in [0.05, 0.1) is 11.1 Å². The van der Waals surface area contributed by atoms with Gasteiger partial charge in [-0.25, -0.2) is 14.8 Å². The van der Waals surface area contributed by atoms with Crippen molar-refractivity contribution in [3.8, 4) is 5.75 Å². The molecule has 12 heteroatoms. The number of carbonyl (C=O) groups excluding carboxylic acids is 2. The van der Waals surface area contributed by atoms with E-state index in [1.54, 1.807) is 36.6 Å². The van der Waals surface area contributed by atoms with Crippen LogP contribution in [0.15, 0.2) is 30.6 Å². The number of hydrogen-bond acceptors (Lipinski definition) is 7. The standard InChI is InChI=1S/C26H32F3N5O4/c1-16(2)18-8-17(9-20(10-18)37-26(27,28)29)11-30-22-31-12-19(13-32-22)21(35)34-7-6-25(34)14-33(15-25)23(36)38-24(3,4)5/h8-10,12-13,16H,6-7,11,14-15H2,1-5H3,(H,30,31,32). The lowest BCUT2D eigenvalue weighted by Crippen LogP contribution is -2.78. The summed E-state index contributed by atoms with van der Waals surface area (Å²) in [5.41, 5.74) is 0.616. The van der Waals surface area contributed by atoms with E-state index in [1.807, 2.05) is 13.8 Å². The maximum absolute atomic E-state index is 13.1. The van der Waals surface area contributed by atoms with E-state index < -0.39 is 18.1 Å². The molecule has 0 radical (unpaired) electrons. The highest BCUT2D eigenvalue weighted by molar-refractivity contribution is 5.95. The molecule has 2 amide bonds. The monoisotopic (exact) mass is 535 g/mol. The molecule has 0 atom stereocenters. The number of nitrogens with zero attached hydrogens (tertiary/aromatic N) is 4. The number of benzene rings is 1. The van der Waals surface area contributed by atoms with Crippen molar-refractivity contribution >= 4 is 17.9 Å². The summed E-state index contributed by atoms with van der Waals surface area (Å²) < 4.78 is 47.7. The van der Waals surface area contributed by atoms with E-state index in [2.05, 4.69) is 20.0 Å². The third kappa shape index (κ3) is 6.28. The van der Waals surface area contributed by atoms with Crippen molar-refractivity contribution in [3.05, 3.63) is 47.3 Å². The van der Waals surface area contributed by atoms with Crippen LogP contribution in [-0.2, 0) is 11.3 Å². The molecule has 2 aliphatic rings. The first kappa shape index (κ1) is 27.5. The van der Waals surface area contributed by atoms with Gasteiger partial charge in [0.25, 0.3) is 5.91 Å². The van der Waals surface area contributed by atoms with Crippen molar-refractivity contribution in [2.45, 2.75) is 71.0 Å². The van der Waals surface area contributed by atoms with Gasteiger partial charge in [0, 0.05) is 38.6 Å². The minimum atomic E-state index is -4.78. The van der Waals surface area contributed by atoms with E-state index in [4.69, 9.17) is 4.74 Å². The maximum Gasteiger partial charge on any atom is 0.573 e. The molecule has 4 rings (SSSR count). The Bertz CT molecular complexity index is 1190. The van der Waals surface area contributed by atoms with Gasteiger partial charge in [-0.3, -0.25) is 4.79 Å². The second-order valence-corrected chi connectivity index (χ2v) is 11.0. The first-order valence-corrected chi connectivity index (χ1v) is 12.4. The molecule has 2 fully saturated rings. The molecule has 0 aliphatic carbocycles. The number of halogens is 3. The molecule has 1 spiro atoms. The minimum absolute atomic E-state index is 0.00348. The van der Waals surface area contributed by atoms with Crippen LogP contribution in [-0.4, -0.2) is 68.9 Å². The summed E-state index contributed by atoms with van der Waals surface area (Å²) in [7, 11) is 0. The highest BCUT2D eigenvalue weighted by Gasteiger charge is 2.57. The number of nitrogens with one attached hydrogen (secondary N) is 1.